The van der Waals surface area contributed by atoms with Gasteiger partial charge >= 0.3 is 6.09 Å². The van der Waals surface area contributed by atoms with E-state index in [9.17, 15) is 9.59 Å². The largest absolute Gasteiger partial charge is 0.445 e. The molecule has 0 saturated heterocycles. The van der Waals surface area contributed by atoms with E-state index in [1.807, 2.05) is 55.5 Å². The first-order valence-electron chi connectivity index (χ1n) is 11.2. The molecule has 1 heterocycles. The number of hydrogen-bond acceptors (Lipinski definition) is 7. The summed E-state index contributed by atoms with van der Waals surface area (Å²) in [5.74, 6) is 1.90. The molecule has 3 N–H and O–H groups in total. The average Bonchev–Trinajstić information content (AvgIpc) is 2.84. The number of nitrogens with one attached hydrogen (secondary N) is 3. The highest BCUT2D eigenvalue weighted by atomic mass is 16.5. The van der Waals surface area contributed by atoms with Crippen molar-refractivity contribution in [3.63, 3.8) is 0 Å². The van der Waals surface area contributed by atoms with E-state index in [0.717, 1.165) is 30.2 Å². The van der Waals surface area contributed by atoms with Crippen molar-refractivity contribution in [2.24, 2.45) is 0 Å². The topological polar surface area (TPSA) is 108 Å². The number of amides is 2. The predicted octanol–water partition coefficient (Wildman–Crippen LogP) is 4.24. The fraction of sp³-hybridized carbons (Fsp3) is 0.280. The minimum Gasteiger partial charge on any atom is -0.445 e. The summed E-state index contributed by atoms with van der Waals surface area (Å²) in [5.41, 5.74) is 2.30. The van der Waals surface area contributed by atoms with Crippen molar-refractivity contribution in [3.8, 4) is 0 Å². The van der Waals surface area contributed by atoms with Crippen molar-refractivity contribution < 1.29 is 14.3 Å². The lowest BCUT2D eigenvalue weighted by Crippen LogP contribution is -2.33. The molecule has 3 aromatic rings. The van der Waals surface area contributed by atoms with Gasteiger partial charge in [0, 0.05) is 30.5 Å². The van der Waals surface area contributed by atoms with E-state index in [4.69, 9.17) is 4.74 Å². The summed E-state index contributed by atoms with van der Waals surface area (Å²) in [6.07, 6.45) is -0.650. The van der Waals surface area contributed by atoms with E-state index in [-0.39, 0.29) is 19.1 Å². The van der Waals surface area contributed by atoms with Gasteiger partial charge in [-0.15, -0.1) is 0 Å². The van der Waals surface area contributed by atoms with Gasteiger partial charge in [-0.2, -0.15) is 0 Å². The molecule has 34 heavy (non-hydrogen) atoms. The van der Waals surface area contributed by atoms with Crippen LogP contribution in [0.3, 0.4) is 0 Å². The van der Waals surface area contributed by atoms with Gasteiger partial charge in [-0.25, -0.2) is 14.8 Å². The van der Waals surface area contributed by atoms with Gasteiger partial charge in [0.05, 0.1) is 0 Å². The molecule has 178 valence electrons. The summed E-state index contributed by atoms with van der Waals surface area (Å²) >= 11 is 0. The maximum absolute atomic E-state index is 12.1. The molecule has 2 amide bonds. The Morgan fingerprint density at radius 1 is 0.941 bits per heavy atom. The first-order valence-corrected chi connectivity index (χ1v) is 11.2. The highest BCUT2D eigenvalue weighted by Crippen LogP contribution is 2.21. The summed E-state index contributed by atoms with van der Waals surface area (Å²) in [7, 11) is 0. The lowest BCUT2D eigenvalue weighted by Gasteiger charge is -2.20. The Morgan fingerprint density at radius 3 is 2.29 bits per heavy atom. The molecule has 0 bridgehead atoms. The fourth-order valence-corrected chi connectivity index (χ4v) is 3.24. The summed E-state index contributed by atoms with van der Waals surface area (Å²) in [6.45, 7) is 7.71. The molecule has 1 aromatic heterocycles. The molecule has 0 radical (unpaired) electrons. The first kappa shape index (κ1) is 24.5. The molecular formula is C25H30N6O3. The van der Waals surface area contributed by atoms with Gasteiger partial charge in [0.2, 0.25) is 5.91 Å². The molecule has 9 heteroatoms. The van der Waals surface area contributed by atoms with E-state index in [1.54, 1.807) is 12.1 Å². The predicted molar refractivity (Wildman–Crippen MR) is 133 cm³/mol. The van der Waals surface area contributed by atoms with Gasteiger partial charge < -0.3 is 25.6 Å². The Bertz CT molecular complexity index is 1090. The lowest BCUT2D eigenvalue weighted by atomic mass is 10.2. The number of carbonyl (C=O) groups excluding carboxylic acids is 2. The molecule has 0 fully saturated rings. The third kappa shape index (κ3) is 7.47. The van der Waals surface area contributed by atoms with Gasteiger partial charge in [0.25, 0.3) is 0 Å². The van der Waals surface area contributed by atoms with Gasteiger partial charge in [0.15, 0.2) is 0 Å². The van der Waals surface area contributed by atoms with Crippen LogP contribution in [0.1, 0.15) is 25.2 Å². The van der Waals surface area contributed by atoms with Crippen LogP contribution in [0.25, 0.3) is 0 Å². The van der Waals surface area contributed by atoms with Crippen LogP contribution in [0.2, 0.25) is 0 Å². The summed E-state index contributed by atoms with van der Waals surface area (Å²) in [5, 5.41) is 8.46. The van der Waals surface area contributed by atoms with E-state index in [1.165, 1.54) is 0 Å². The zero-order chi connectivity index (χ0) is 24.3. The van der Waals surface area contributed by atoms with Crippen molar-refractivity contribution in [2.45, 2.75) is 27.4 Å². The number of anilines is 4. The van der Waals surface area contributed by atoms with Crippen LogP contribution >= 0.6 is 0 Å². The fourth-order valence-electron chi connectivity index (χ4n) is 3.24. The van der Waals surface area contributed by atoms with Crippen LogP contribution in [0, 0.1) is 6.92 Å². The second kappa shape index (κ2) is 12.2. The number of aryl methyl sites for hydroxylation is 1. The minimum absolute atomic E-state index is 0.144. The molecule has 0 atom stereocenters. The van der Waals surface area contributed by atoms with E-state index in [2.05, 4.69) is 44.7 Å². The van der Waals surface area contributed by atoms with Crippen LogP contribution in [-0.2, 0) is 16.1 Å². The standard InChI is InChI=1S/C25H30N6O3/c1-4-31(5-2)23-15-22(27-18(3)28-23)29-20-11-13-21(14-12-20)30-24(32)16-26-25(33)34-17-19-9-7-6-8-10-19/h6-15H,4-5,16-17H2,1-3H3,(H,26,33)(H,30,32)(H,27,28,29). The third-order valence-electron chi connectivity index (χ3n) is 4.96. The van der Waals surface area contributed by atoms with Crippen molar-refractivity contribution in [1.82, 2.24) is 15.3 Å². The monoisotopic (exact) mass is 462 g/mol. The highest BCUT2D eigenvalue weighted by Gasteiger charge is 2.09. The van der Waals surface area contributed by atoms with Gasteiger partial charge in [0.1, 0.15) is 30.6 Å². The zero-order valence-corrected chi connectivity index (χ0v) is 19.7. The van der Waals surface area contributed by atoms with Crippen molar-refractivity contribution in [3.05, 3.63) is 72.1 Å². The molecule has 0 aliphatic heterocycles. The quantitative estimate of drug-likeness (QED) is 0.413. The van der Waals surface area contributed by atoms with Crippen molar-refractivity contribution in [1.29, 1.82) is 0 Å². The number of hydrogen-bond donors (Lipinski definition) is 3. The van der Waals surface area contributed by atoms with Crippen LogP contribution < -0.4 is 20.9 Å². The highest BCUT2D eigenvalue weighted by molar-refractivity contribution is 5.94. The molecule has 0 aliphatic carbocycles. The van der Waals surface area contributed by atoms with Crippen molar-refractivity contribution >= 4 is 35.0 Å². The summed E-state index contributed by atoms with van der Waals surface area (Å²) in [6, 6.07) is 18.5. The number of alkyl carbamates (subject to hydrolysis) is 1. The maximum atomic E-state index is 12.1. The first-order chi connectivity index (χ1) is 16.5. The Labute approximate surface area is 199 Å². The zero-order valence-electron chi connectivity index (χ0n) is 19.7. The van der Waals surface area contributed by atoms with Crippen LogP contribution in [0.4, 0.5) is 27.8 Å². The SMILES string of the molecule is CCN(CC)c1cc(Nc2ccc(NC(=O)CNC(=O)OCc3ccccc3)cc2)nc(C)n1. The number of carbonyl (C=O) groups is 2. The van der Waals surface area contributed by atoms with Crippen molar-refractivity contribution in [2.75, 3.05) is 35.2 Å². The molecule has 0 spiro atoms. The van der Waals surface area contributed by atoms with Crippen LogP contribution in [0.15, 0.2) is 60.7 Å². The van der Waals surface area contributed by atoms with E-state index >= 15 is 0 Å². The van der Waals surface area contributed by atoms with Gasteiger partial charge in [-0.05, 0) is 50.6 Å². The molecule has 0 unspecified atom stereocenters. The third-order valence-corrected chi connectivity index (χ3v) is 4.96. The normalized spacial score (nSPS) is 10.3. The Hall–Kier alpha value is -4.14. The van der Waals surface area contributed by atoms with Gasteiger partial charge in [-0.1, -0.05) is 30.3 Å². The smallest absolute Gasteiger partial charge is 0.407 e. The number of rotatable bonds is 10. The van der Waals surface area contributed by atoms with Gasteiger partial charge in [-0.3, -0.25) is 4.79 Å². The Morgan fingerprint density at radius 2 is 1.62 bits per heavy atom. The molecule has 3 rings (SSSR count). The molecular weight excluding hydrogens is 432 g/mol. The molecule has 0 saturated carbocycles. The second-order valence-corrected chi connectivity index (χ2v) is 7.50. The molecule has 0 aliphatic rings. The summed E-state index contributed by atoms with van der Waals surface area (Å²) in [4.78, 5) is 35.1. The van der Waals surface area contributed by atoms with E-state index < -0.39 is 6.09 Å². The van der Waals surface area contributed by atoms with Crippen LogP contribution in [0.5, 0.6) is 0 Å². The Kier molecular flexibility index (Phi) is 8.79. The average molecular weight is 463 g/mol. The van der Waals surface area contributed by atoms with E-state index in [0.29, 0.717) is 17.3 Å². The molecule has 2 aromatic carbocycles. The Balaban J connectivity index is 1.48. The number of aromatic nitrogens is 2. The molecule has 9 nitrogen and oxygen atoms in total. The van der Waals surface area contributed by atoms with Crippen LogP contribution in [-0.4, -0.2) is 41.6 Å². The maximum Gasteiger partial charge on any atom is 0.407 e. The second-order valence-electron chi connectivity index (χ2n) is 7.50. The lowest BCUT2D eigenvalue weighted by molar-refractivity contribution is -0.115. The number of ether oxygens (including phenoxy) is 1. The number of nitrogens with zero attached hydrogens (tertiary/aromatic N) is 3. The number of benzene rings is 2. The summed E-state index contributed by atoms with van der Waals surface area (Å²) < 4.78 is 5.10. The minimum atomic E-state index is -0.650.